The summed E-state index contributed by atoms with van der Waals surface area (Å²) in [5.41, 5.74) is 1.35. The van der Waals surface area contributed by atoms with Crippen molar-refractivity contribution < 1.29 is 17.9 Å². The average Bonchev–Trinajstić information content (AvgIpc) is 2.63. The highest BCUT2D eigenvalue weighted by molar-refractivity contribution is 5.39. The Kier molecular flexibility index (Phi) is 2.79. The van der Waals surface area contributed by atoms with E-state index in [-0.39, 0.29) is 5.75 Å². The van der Waals surface area contributed by atoms with Crippen molar-refractivity contribution in [1.29, 1.82) is 0 Å². The van der Waals surface area contributed by atoms with Gasteiger partial charge in [-0.3, -0.25) is 0 Å². The van der Waals surface area contributed by atoms with Crippen molar-refractivity contribution in [3.8, 4) is 11.4 Å². The Hall–Kier alpha value is -1.98. The summed E-state index contributed by atoms with van der Waals surface area (Å²) in [6.07, 6.45) is -1.43. The molecule has 1 aromatic carbocycles. The van der Waals surface area contributed by atoms with Gasteiger partial charge in [0.2, 0.25) is 0 Å². The molecule has 0 spiro atoms. The third kappa shape index (κ3) is 2.99. The minimum Gasteiger partial charge on any atom is -0.406 e. The van der Waals surface area contributed by atoms with Crippen molar-refractivity contribution in [2.45, 2.75) is 13.3 Å². The molecule has 0 atom stereocenters. The van der Waals surface area contributed by atoms with E-state index in [4.69, 9.17) is 0 Å². The number of halogens is 3. The zero-order valence-electron chi connectivity index (χ0n) is 8.90. The molecule has 0 bridgehead atoms. The van der Waals surface area contributed by atoms with Crippen LogP contribution in [-0.2, 0) is 0 Å². The van der Waals surface area contributed by atoms with Crippen LogP contribution in [0.5, 0.6) is 5.75 Å². The second-order valence-corrected chi connectivity index (χ2v) is 3.47. The van der Waals surface area contributed by atoms with Crippen molar-refractivity contribution in [3.05, 3.63) is 42.5 Å². The number of benzene rings is 1. The van der Waals surface area contributed by atoms with Gasteiger partial charge in [0, 0.05) is 12.3 Å². The minimum absolute atomic E-state index is 0.249. The Bertz CT molecular complexity index is 519. The lowest BCUT2D eigenvalue weighted by Gasteiger charge is -2.10. The van der Waals surface area contributed by atoms with Crippen LogP contribution in [0.2, 0.25) is 0 Å². The van der Waals surface area contributed by atoms with Crippen molar-refractivity contribution in [1.82, 2.24) is 9.55 Å². The molecule has 0 amide bonds. The van der Waals surface area contributed by atoms with E-state index in [0.29, 0.717) is 5.69 Å². The Morgan fingerprint density at radius 1 is 1.29 bits per heavy atom. The third-order valence-electron chi connectivity index (χ3n) is 2.06. The molecular formula is C11H9F3N2O. The van der Waals surface area contributed by atoms with Gasteiger partial charge in [-0.2, -0.15) is 0 Å². The fourth-order valence-electron chi connectivity index (χ4n) is 1.40. The number of imidazole rings is 1. The SMILES string of the molecule is Cc1cn(-c2cccc(OC(F)(F)F)c2)cn1. The van der Waals surface area contributed by atoms with Crippen LogP contribution in [-0.4, -0.2) is 15.9 Å². The highest BCUT2D eigenvalue weighted by Crippen LogP contribution is 2.24. The van der Waals surface area contributed by atoms with Crippen LogP contribution in [0.4, 0.5) is 13.2 Å². The van der Waals surface area contributed by atoms with Crippen LogP contribution in [0.25, 0.3) is 5.69 Å². The summed E-state index contributed by atoms with van der Waals surface area (Å²) in [7, 11) is 0. The lowest BCUT2D eigenvalue weighted by Crippen LogP contribution is -2.17. The van der Waals surface area contributed by atoms with Gasteiger partial charge in [0.25, 0.3) is 0 Å². The lowest BCUT2D eigenvalue weighted by molar-refractivity contribution is -0.274. The predicted molar refractivity (Wildman–Crippen MR) is 55.0 cm³/mol. The van der Waals surface area contributed by atoms with Gasteiger partial charge in [-0.15, -0.1) is 13.2 Å². The first-order valence-corrected chi connectivity index (χ1v) is 4.81. The Morgan fingerprint density at radius 3 is 2.65 bits per heavy atom. The van der Waals surface area contributed by atoms with E-state index in [1.165, 1.54) is 24.5 Å². The monoisotopic (exact) mass is 242 g/mol. The van der Waals surface area contributed by atoms with Crippen LogP contribution in [0, 0.1) is 6.92 Å². The van der Waals surface area contributed by atoms with Gasteiger partial charge in [-0.05, 0) is 19.1 Å². The van der Waals surface area contributed by atoms with Crippen LogP contribution < -0.4 is 4.74 Å². The minimum atomic E-state index is -4.68. The summed E-state index contributed by atoms with van der Waals surface area (Å²) < 4.78 is 41.6. The second-order valence-electron chi connectivity index (χ2n) is 3.47. The molecule has 1 aromatic heterocycles. The topological polar surface area (TPSA) is 27.1 Å². The summed E-state index contributed by atoms with van der Waals surface area (Å²) in [6.45, 7) is 1.80. The van der Waals surface area contributed by atoms with Crippen molar-refractivity contribution >= 4 is 0 Å². The smallest absolute Gasteiger partial charge is 0.406 e. The number of ether oxygens (including phenoxy) is 1. The van der Waals surface area contributed by atoms with Crippen LogP contribution in [0.3, 0.4) is 0 Å². The van der Waals surface area contributed by atoms with Gasteiger partial charge in [0.1, 0.15) is 5.75 Å². The maximum atomic E-state index is 12.0. The number of rotatable bonds is 2. The molecule has 0 N–H and O–H groups in total. The molecular weight excluding hydrogens is 233 g/mol. The molecule has 0 aliphatic heterocycles. The van der Waals surface area contributed by atoms with Gasteiger partial charge in [-0.25, -0.2) is 4.98 Å². The predicted octanol–water partition coefficient (Wildman–Crippen LogP) is 3.08. The second kappa shape index (κ2) is 4.12. The van der Waals surface area contributed by atoms with E-state index >= 15 is 0 Å². The first kappa shape index (κ1) is 11.5. The highest BCUT2D eigenvalue weighted by Gasteiger charge is 2.31. The van der Waals surface area contributed by atoms with E-state index in [2.05, 4.69) is 9.72 Å². The van der Waals surface area contributed by atoms with E-state index in [0.717, 1.165) is 5.69 Å². The van der Waals surface area contributed by atoms with Crippen molar-refractivity contribution in [3.63, 3.8) is 0 Å². The van der Waals surface area contributed by atoms with Gasteiger partial charge in [0.15, 0.2) is 0 Å². The average molecular weight is 242 g/mol. The lowest BCUT2D eigenvalue weighted by atomic mass is 10.3. The fourth-order valence-corrected chi connectivity index (χ4v) is 1.40. The molecule has 1 heterocycles. The van der Waals surface area contributed by atoms with Gasteiger partial charge >= 0.3 is 6.36 Å². The normalized spacial score (nSPS) is 11.5. The molecule has 0 radical (unpaired) electrons. The zero-order chi connectivity index (χ0) is 12.5. The molecule has 90 valence electrons. The number of nitrogens with zero attached hydrogens (tertiary/aromatic N) is 2. The number of alkyl halides is 3. The summed E-state index contributed by atoms with van der Waals surface area (Å²) >= 11 is 0. The van der Waals surface area contributed by atoms with Crippen molar-refractivity contribution in [2.75, 3.05) is 0 Å². The standard InChI is InChI=1S/C11H9F3N2O/c1-8-6-16(7-15-8)9-3-2-4-10(5-9)17-11(12,13)14/h2-7H,1H3. The molecule has 3 nitrogen and oxygen atoms in total. The van der Waals surface area contributed by atoms with Crippen molar-refractivity contribution in [2.24, 2.45) is 0 Å². The van der Waals surface area contributed by atoms with E-state index in [1.54, 1.807) is 23.8 Å². The quantitative estimate of drug-likeness (QED) is 0.809. The molecule has 0 saturated heterocycles. The fraction of sp³-hybridized carbons (Fsp3) is 0.182. The summed E-state index contributed by atoms with van der Waals surface area (Å²) in [5, 5.41) is 0. The maximum absolute atomic E-state index is 12.0. The molecule has 0 aliphatic rings. The Balaban J connectivity index is 2.29. The van der Waals surface area contributed by atoms with Gasteiger partial charge in [-0.1, -0.05) is 6.07 Å². The largest absolute Gasteiger partial charge is 0.573 e. The summed E-state index contributed by atoms with van der Waals surface area (Å²) in [5.74, 6) is -0.249. The molecule has 2 rings (SSSR count). The summed E-state index contributed by atoms with van der Waals surface area (Å²) in [6, 6.07) is 5.71. The van der Waals surface area contributed by atoms with E-state index in [9.17, 15) is 13.2 Å². The number of hydrogen-bond acceptors (Lipinski definition) is 2. The molecule has 2 aromatic rings. The van der Waals surface area contributed by atoms with Crippen LogP contribution in [0.1, 0.15) is 5.69 Å². The van der Waals surface area contributed by atoms with Gasteiger partial charge in [0.05, 0.1) is 17.7 Å². The highest BCUT2D eigenvalue weighted by atomic mass is 19.4. The van der Waals surface area contributed by atoms with Crippen LogP contribution in [0.15, 0.2) is 36.8 Å². The third-order valence-corrected chi connectivity index (χ3v) is 2.06. The molecule has 0 unspecified atom stereocenters. The summed E-state index contributed by atoms with van der Waals surface area (Å²) in [4.78, 5) is 4.00. The molecule has 0 saturated carbocycles. The molecule has 6 heteroatoms. The molecule has 0 fully saturated rings. The molecule has 0 aliphatic carbocycles. The molecule has 17 heavy (non-hydrogen) atoms. The first-order valence-electron chi connectivity index (χ1n) is 4.81. The number of aryl methyl sites for hydroxylation is 1. The zero-order valence-corrected chi connectivity index (χ0v) is 8.90. The Labute approximate surface area is 95.5 Å². The van der Waals surface area contributed by atoms with E-state index in [1.807, 2.05) is 0 Å². The first-order chi connectivity index (χ1) is 7.94. The number of aromatic nitrogens is 2. The Morgan fingerprint density at radius 2 is 2.06 bits per heavy atom. The maximum Gasteiger partial charge on any atom is 0.573 e. The number of hydrogen-bond donors (Lipinski definition) is 0. The van der Waals surface area contributed by atoms with E-state index < -0.39 is 6.36 Å². The van der Waals surface area contributed by atoms with Gasteiger partial charge < -0.3 is 9.30 Å². The van der Waals surface area contributed by atoms with Crippen LogP contribution >= 0.6 is 0 Å².